The Balaban J connectivity index is 2.13. The molecule has 0 radical (unpaired) electrons. The molecule has 2 heterocycles. The topological polar surface area (TPSA) is 25.4 Å². The van der Waals surface area contributed by atoms with Crippen molar-refractivity contribution in [1.29, 1.82) is 0 Å². The summed E-state index contributed by atoms with van der Waals surface area (Å²) in [6.07, 6.45) is 3.28. The van der Waals surface area contributed by atoms with Gasteiger partial charge in [0.05, 0.1) is 12.7 Å². The third-order valence-electron chi connectivity index (χ3n) is 2.95. The summed E-state index contributed by atoms with van der Waals surface area (Å²) in [7, 11) is 0. The Labute approximate surface area is 105 Å². The number of morpholine rings is 1. The van der Waals surface area contributed by atoms with Gasteiger partial charge in [-0.25, -0.2) is 4.98 Å². The molecule has 2 rings (SSSR count). The molecule has 0 N–H and O–H groups in total. The summed E-state index contributed by atoms with van der Waals surface area (Å²) in [5.41, 5.74) is 1.23. The van der Waals surface area contributed by atoms with Gasteiger partial charge >= 0.3 is 0 Å². The van der Waals surface area contributed by atoms with Crippen LogP contribution < -0.4 is 4.90 Å². The van der Waals surface area contributed by atoms with E-state index < -0.39 is 0 Å². The Hall–Kier alpha value is -0.610. The molecule has 0 aliphatic carbocycles. The van der Waals surface area contributed by atoms with Crippen LogP contribution in [0.1, 0.15) is 18.9 Å². The van der Waals surface area contributed by atoms with Gasteiger partial charge in [-0.2, -0.15) is 0 Å². The second kappa shape index (κ2) is 5.15. The zero-order valence-corrected chi connectivity index (χ0v) is 11.3. The standard InChI is InChI=1S/C12H17BrN2O/c1-3-10-8-15(4-5-16-10)12-6-9(2)11(13)7-14-12/h6-7,10H,3-5,8H2,1-2H3. The second-order valence-electron chi connectivity index (χ2n) is 4.14. The summed E-state index contributed by atoms with van der Waals surface area (Å²) >= 11 is 3.47. The van der Waals surface area contributed by atoms with Crippen molar-refractivity contribution < 1.29 is 4.74 Å². The molecule has 1 unspecified atom stereocenters. The first-order chi connectivity index (χ1) is 7.70. The normalized spacial score (nSPS) is 21.2. The first-order valence-electron chi connectivity index (χ1n) is 5.69. The minimum absolute atomic E-state index is 0.347. The number of aryl methyl sites for hydroxylation is 1. The lowest BCUT2D eigenvalue weighted by molar-refractivity contribution is 0.0381. The van der Waals surface area contributed by atoms with Crippen LogP contribution in [0.3, 0.4) is 0 Å². The van der Waals surface area contributed by atoms with E-state index in [1.807, 2.05) is 6.20 Å². The minimum Gasteiger partial charge on any atom is -0.375 e. The fourth-order valence-electron chi connectivity index (χ4n) is 1.87. The summed E-state index contributed by atoms with van der Waals surface area (Å²) in [6, 6.07) is 2.13. The molecular formula is C12H17BrN2O. The first-order valence-corrected chi connectivity index (χ1v) is 6.48. The van der Waals surface area contributed by atoms with Crippen molar-refractivity contribution in [2.75, 3.05) is 24.6 Å². The number of aromatic nitrogens is 1. The molecular weight excluding hydrogens is 268 g/mol. The van der Waals surface area contributed by atoms with E-state index >= 15 is 0 Å². The van der Waals surface area contributed by atoms with Gasteiger partial charge in [0.1, 0.15) is 5.82 Å². The number of ether oxygens (including phenoxy) is 1. The van der Waals surface area contributed by atoms with Gasteiger partial charge in [0, 0.05) is 23.8 Å². The lowest BCUT2D eigenvalue weighted by Crippen LogP contribution is -2.42. The largest absolute Gasteiger partial charge is 0.375 e. The fourth-order valence-corrected chi connectivity index (χ4v) is 2.09. The van der Waals surface area contributed by atoms with Gasteiger partial charge in [-0.3, -0.25) is 0 Å². The van der Waals surface area contributed by atoms with Gasteiger partial charge in [0.2, 0.25) is 0 Å². The summed E-state index contributed by atoms with van der Waals surface area (Å²) in [5.74, 6) is 1.06. The van der Waals surface area contributed by atoms with Gasteiger partial charge < -0.3 is 9.64 Å². The van der Waals surface area contributed by atoms with Crippen LogP contribution in [0.4, 0.5) is 5.82 Å². The third-order valence-corrected chi connectivity index (χ3v) is 3.78. The zero-order valence-electron chi connectivity index (χ0n) is 9.74. The molecule has 0 amide bonds. The lowest BCUT2D eigenvalue weighted by atomic mass is 10.2. The molecule has 16 heavy (non-hydrogen) atoms. The zero-order chi connectivity index (χ0) is 11.5. The maximum absolute atomic E-state index is 5.65. The van der Waals surface area contributed by atoms with Gasteiger partial charge in [0.15, 0.2) is 0 Å². The molecule has 1 atom stereocenters. The summed E-state index contributed by atoms with van der Waals surface area (Å²) < 4.78 is 6.72. The summed E-state index contributed by atoms with van der Waals surface area (Å²) in [6.45, 7) is 6.94. The number of halogens is 1. The van der Waals surface area contributed by atoms with Crippen LogP contribution in [-0.2, 0) is 4.74 Å². The van der Waals surface area contributed by atoms with Crippen LogP contribution in [0.25, 0.3) is 0 Å². The molecule has 88 valence electrons. The molecule has 1 aromatic heterocycles. The molecule has 1 saturated heterocycles. The van der Waals surface area contributed by atoms with E-state index in [-0.39, 0.29) is 0 Å². The van der Waals surface area contributed by atoms with E-state index in [1.165, 1.54) is 5.56 Å². The number of pyridine rings is 1. The van der Waals surface area contributed by atoms with E-state index in [0.717, 1.165) is 36.4 Å². The van der Waals surface area contributed by atoms with Gasteiger partial charge in [-0.15, -0.1) is 0 Å². The van der Waals surface area contributed by atoms with Gasteiger partial charge in [0.25, 0.3) is 0 Å². The van der Waals surface area contributed by atoms with Crippen molar-refractivity contribution in [2.24, 2.45) is 0 Å². The highest BCUT2D eigenvalue weighted by atomic mass is 79.9. The van der Waals surface area contributed by atoms with E-state index in [1.54, 1.807) is 0 Å². The monoisotopic (exact) mass is 284 g/mol. The van der Waals surface area contributed by atoms with Crippen molar-refractivity contribution >= 4 is 21.7 Å². The van der Waals surface area contributed by atoms with Crippen molar-refractivity contribution in [3.63, 3.8) is 0 Å². The molecule has 3 nitrogen and oxygen atoms in total. The molecule has 0 aromatic carbocycles. The highest BCUT2D eigenvalue weighted by molar-refractivity contribution is 9.10. The van der Waals surface area contributed by atoms with Crippen LogP contribution in [0.2, 0.25) is 0 Å². The molecule has 0 saturated carbocycles. The van der Waals surface area contributed by atoms with E-state index in [9.17, 15) is 0 Å². The summed E-state index contributed by atoms with van der Waals surface area (Å²) in [5, 5.41) is 0. The SMILES string of the molecule is CCC1CN(c2cc(C)c(Br)cn2)CCO1. The smallest absolute Gasteiger partial charge is 0.128 e. The average molecular weight is 285 g/mol. The Bertz CT molecular complexity index is 370. The van der Waals surface area contributed by atoms with E-state index in [2.05, 4.69) is 45.7 Å². The van der Waals surface area contributed by atoms with Crippen molar-refractivity contribution in [2.45, 2.75) is 26.4 Å². The number of anilines is 1. The van der Waals surface area contributed by atoms with Crippen LogP contribution >= 0.6 is 15.9 Å². The maximum Gasteiger partial charge on any atom is 0.128 e. The van der Waals surface area contributed by atoms with Gasteiger partial charge in [-0.1, -0.05) is 6.92 Å². The number of hydrogen-bond acceptors (Lipinski definition) is 3. The average Bonchev–Trinajstić information content (AvgIpc) is 2.33. The molecule has 1 aromatic rings. The predicted octanol–water partition coefficient (Wildman–Crippen LogP) is 2.77. The Morgan fingerprint density at radius 3 is 3.12 bits per heavy atom. The van der Waals surface area contributed by atoms with Gasteiger partial charge in [-0.05, 0) is 40.9 Å². The minimum atomic E-state index is 0.347. The number of hydrogen-bond donors (Lipinski definition) is 0. The molecule has 0 bridgehead atoms. The number of nitrogens with zero attached hydrogens (tertiary/aromatic N) is 2. The lowest BCUT2D eigenvalue weighted by Gasteiger charge is -2.33. The van der Waals surface area contributed by atoms with Crippen LogP contribution in [0.15, 0.2) is 16.7 Å². The first kappa shape index (κ1) is 11.9. The Morgan fingerprint density at radius 2 is 2.44 bits per heavy atom. The fraction of sp³-hybridized carbons (Fsp3) is 0.583. The maximum atomic E-state index is 5.65. The Morgan fingerprint density at radius 1 is 1.62 bits per heavy atom. The molecule has 1 aliphatic heterocycles. The van der Waals surface area contributed by atoms with Crippen molar-refractivity contribution in [3.05, 3.63) is 22.3 Å². The quantitative estimate of drug-likeness (QED) is 0.835. The van der Waals surface area contributed by atoms with Crippen LogP contribution in [0, 0.1) is 6.92 Å². The highest BCUT2D eigenvalue weighted by Crippen LogP contribution is 2.22. The van der Waals surface area contributed by atoms with E-state index in [0.29, 0.717) is 6.10 Å². The summed E-state index contributed by atoms with van der Waals surface area (Å²) in [4.78, 5) is 6.76. The molecule has 0 spiro atoms. The van der Waals surface area contributed by atoms with Crippen LogP contribution in [0.5, 0.6) is 0 Å². The van der Waals surface area contributed by atoms with Crippen molar-refractivity contribution in [3.8, 4) is 0 Å². The molecule has 1 fully saturated rings. The predicted molar refractivity (Wildman–Crippen MR) is 68.9 cm³/mol. The Kier molecular flexibility index (Phi) is 3.82. The number of rotatable bonds is 2. The third kappa shape index (κ3) is 2.55. The van der Waals surface area contributed by atoms with Crippen LogP contribution in [-0.4, -0.2) is 30.8 Å². The molecule has 1 aliphatic rings. The van der Waals surface area contributed by atoms with E-state index in [4.69, 9.17) is 4.74 Å². The van der Waals surface area contributed by atoms with Crippen molar-refractivity contribution in [1.82, 2.24) is 4.98 Å². The molecule has 4 heteroatoms. The second-order valence-corrected chi connectivity index (χ2v) is 4.99. The highest BCUT2D eigenvalue weighted by Gasteiger charge is 2.20.